The number of nitrogens with zero attached hydrogens (tertiary/aromatic N) is 2. The van der Waals surface area contributed by atoms with Gasteiger partial charge in [-0.1, -0.05) is 6.07 Å². The van der Waals surface area contributed by atoms with Crippen LogP contribution < -0.4 is 10.6 Å². The van der Waals surface area contributed by atoms with E-state index in [0.29, 0.717) is 18.3 Å². The van der Waals surface area contributed by atoms with Crippen LogP contribution in [0.15, 0.2) is 36.7 Å². The van der Waals surface area contributed by atoms with Gasteiger partial charge < -0.3 is 15.4 Å². The van der Waals surface area contributed by atoms with E-state index in [1.54, 1.807) is 25.6 Å². The third-order valence-electron chi connectivity index (χ3n) is 3.89. The Labute approximate surface area is 133 Å². The maximum atomic E-state index is 13.2. The van der Waals surface area contributed by atoms with Crippen molar-refractivity contribution >= 4 is 11.6 Å². The fourth-order valence-corrected chi connectivity index (χ4v) is 2.76. The number of carbonyl (C=O) groups excluding carboxylic acids is 1. The molecule has 6 nitrogen and oxygen atoms in total. The minimum absolute atomic E-state index is 0.231. The number of ether oxygens (including phenoxy) is 1. The molecule has 2 aromatic rings. The summed E-state index contributed by atoms with van der Waals surface area (Å²) in [5.41, 5.74) is 0.870. The summed E-state index contributed by atoms with van der Waals surface area (Å²) in [4.78, 5) is 12.1. The highest BCUT2D eigenvalue weighted by Gasteiger charge is 2.25. The summed E-state index contributed by atoms with van der Waals surface area (Å²) in [6.07, 6.45) is 4.31. The molecular formula is C16H19FN4O2. The maximum absolute atomic E-state index is 13.2. The van der Waals surface area contributed by atoms with Gasteiger partial charge in [0.2, 0.25) is 0 Å². The molecule has 122 valence electrons. The Morgan fingerprint density at radius 2 is 2.43 bits per heavy atom. The molecule has 0 aliphatic carbocycles. The molecular weight excluding hydrogens is 299 g/mol. The van der Waals surface area contributed by atoms with Gasteiger partial charge >= 0.3 is 0 Å². The molecule has 1 aromatic carbocycles. The van der Waals surface area contributed by atoms with E-state index in [1.165, 1.54) is 18.2 Å². The van der Waals surface area contributed by atoms with Crippen molar-refractivity contribution in [3.05, 3.63) is 48.0 Å². The SMILES string of the molecule is COC[C@@H]1C[C@H](n2cc(NC(=O)c3cccc(F)c3)cn2)CN1. The van der Waals surface area contributed by atoms with E-state index in [1.807, 2.05) is 4.68 Å². The standard InChI is InChI=1S/C16H19FN4O2/c1-23-10-13-6-15(8-18-13)21-9-14(7-19-21)20-16(22)11-3-2-4-12(17)5-11/h2-5,7,9,13,15,18H,6,8,10H2,1H3,(H,20,22)/t13-,15-/m0/s1. The van der Waals surface area contributed by atoms with Gasteiger partial charge in [-0.25, -0.2) is 4.39 Å². The predicted molar refractivity (Wildman–Crippen MR) is 83.9 cm³/mol. The van der Waals surface area contributed by atoms with Crippen LogP contribution in [0.1, 0.15) is 22.8 Å². The van der Waals surface area contributed by atoms with Crippen LogP contribution in [-0.4, -0.2) is 42.0 Å². The number of benzene rings is 1. The molecule has 3 rings (SSSR count). The van der Waals surface area contributed by atoms with E-state index in [9.17, 15) is 9.18 Å². The zero-order chi connectivity index (χ0) is 16.2. The van der Waals surface area contributed by atoms with Crippen molar-refractivity contribution in [2.45, 2.75) is 18.5 Å². The van der Waals surface area contributed by atoms with Crippen molar-refractivity contribution in [1.82, 2.24) is 15.1 Å². The van der Waals surface area contributed by atoms with Crippen molar-refractivity contribution in [2.75, 3.05) is 25.6 Å². The number of hydrogen-bond acceptors (Lipinski definition) is 4. The number of rotatable bonds is 5. The van der Waals surface area contributed by atoms with Gasteiger partial charge in [-0.2, -0.15) is 5.10 Å². The summed E-state index contributed by atoms with van der Waals surface area (Å²) in [6, 6.07) is 6.14. The zero-order valence-electron chi connectivity index (χ0n) is 12.8. The Balaban J connectivity index is 1.62. The van der Waals surface area contributed by atoms with Gasteiger partial charge in [0.15, 0.2) is 0 Å². The van der Waals surface area contributed by atoms with Gasteiger partial charge in [0.25, 0.3) is 5.91 Å². The number of amides is 1. The van der Waals surface area contributed by atoms with Gasteiger partial charge in [-0.3, -0.25) is 9.48 Å². The Morgan fingerprint density at radius 1 is 1.57 bits per heavy atom. The second-order valence-corrected chi connectivity index (χ2v) is 5.62. The molecule has 0 saturated carbocycles. The lowest BCUT2D eigenvalue weighted by Crippen LogP contribution is -2.25. The first-order valence-corrected chi connectivity index (χ1v) is 7.49. The van der Waals surface area contributed by atoms with Crippen LogP contribution in [0, 0.1) is 5.82 Å². The van der Waals surface area contributed by atoms with Crippen LogP contribution in [0.3, 0.4) is 0 Å². The van der Waals surface area contributed by atoms with Gasteiger partial charge in [0.05, 0.1) is 24.5 Å². The second kappa shape index (κ2) is 6.89. The molecule has 2 N–H and O–H groups in total. The number of carbonyl (C=O) groups is 1. The van der Waals surface area contributed by atoms with Crippen LogP contribution in [0.25, 0.3) is 0 Å². The Hall–Kier alpha value is -2.25. The van der Waals surface area contributed by atoms with Crippen LogP contribution in [0.2, 0.25) is 0 Å². The Morgan fingerprint density at radius 3 is 3.22 bits per heavy atom. The fourth-order valence-electron chi connectivity index (χ4n) is 2.76. The molecule has 0 spiro atoms. The number of aromatic nitrogens is 2. The molecule has 0 unspecified atom stereocenters. The van der Waals surface area contributed by atoms with Gasteiger partial charge in [-0.15, -0.1) is 0 Å². The van der Waals surface area contributed by atoms with Crippen LogP contribution in [-0.2, 0) is 4.74 Å². The maximum Gasteiger partial charge on any atom is 0.255 e. The van der Waals surface area contributed by atoms with E-state index >= 15 is 0 Å². The molecule has 7 heteroatoms. The molecule has 1 aromatic heterocycles. The lowest BCUT2D eigenvalue weighted by molar-refractivity contribution is 0.102. The number of nitrogens with one attached hydrogen (secondary N) is 2. The molecule has 1 amide bonds. The van der Waals surface area contributed by atoms with Gasteiger partial charge in [0, 0.05) is 31.5 Å². The molecule has 1 fully saturated rings. The van der Waals surface area contributed by atoms with Crippen molar-refractivity contribution in [1.29, 1.82) is 0 Å². The van der Waals surface area contributed by atoms with E-state index in [-0.39, 0.29) is 17.5 Å². The highest BCUT2D eigenvalue weighted by molar-refractivity contribution is 6.04. The molecule has 1 aliphatic rings. The van der Waals surface area contributed by atoms with Crippen molar-refractivity contribution in [3.63, 3.8) is 0 Å². The number of anilines is 1. The normalized spacial score (nSPS) is 20.6. The van der Waals surface area contributed by atoms with Crippen LogP contribution >= 0.6 is 0 Å². The molecule has 0 bridgehead atoms. The number of halogens is 1. The molecule has 1 saturated heterocycles. The minimum Gasteiger partial charge on any atom is -0.383 e. The fraction of sp³-hybridized carbons (Fsp3) is 0.375. The summed E-state index contributed by atoms with van der Waals surface area (Å²) < 4.78 is 20.1. The van der Waals surface area contributed by atoms with E-state index < -0.39 is 5.82 Å². The lowest BCUT2D eigenvalue weighted by atomic mass is 10.2. The molecule has 23 heavy (non-hydrogen) atoms. The lowest BCUT2D eigenvalue weighted by Gasteiger charge is -2.10. The van der Waals surface area contributed by atoms with Crippen molar-refractivity contribution in [3.8, 4) is 0 Å². The summed E-state index contributed by atoms with van der Waals surface area (Å²) >= 11 is 0. The smallest absolute Gasteiger partial charge is 0.255 e. The summed E-state index contributed by atoms with van der Waals surface area (Å²) in [6.45, 7) is 1.48. The average molecular weight is 318 g/mol. The largest absolute Gasteiger partial charge is 0.383 e. The first-order valence-electron chi connectivity index (χ1n) is 7.49. The quantitative estimate of drug-likeness (QED) is 0.882. The van der Waals surface area contributed by atoms with Gasteiger partial charge in [0.1, 0.15) is 5.82 Å². The summed E-state index contributed by atoms with van der Waals surface area (Å²) in [7, 11) is 1.68. The Bertz CT molecular complexity index is 688. The van der Waals surface area contributed by atoms with E-state index in [0.717, 1.165) is 13.0 Å². The predicted octanol–water partition coefficient (Wildman–Crippen LogP) is 1.82. The topological polar surface area (TPSA) is 68.2 Å². The second-order valence-electron chi connectivity index (χ2n) is 5.62. The molecule has 2 heterocycles. The Kier molecular flexibility index (Phi) is 4.68. The third-order valence-corrected chi connectivity index (χ3v) is 3.89. The molecule has 2 atom stereocenters. The first kappa shape index (κ1) is 15.6. The first-order chi connectivity index (χ1) is 11.2. The van der Waals surface area contributed by atoms with Crippen LogP contribution in [0.5, 0.6) is 0 Å². The molecule has 0 radical (unpaired) electrons. The summed E-state index contributed by atoms with van der Waals surface area (Å²) in [5, 5.41) is 10.4. The average Bonchev–Trinajstić information content (AvgIpc) is 3.17. The summed E-state index contributed by atoms with van der Waals surface area (Å²) in [5.74, 6) is -0.791. The van der Waals surface area contributed by atoms with Crippen molar-refractivity contribution < 1.29 is 13.9 Å². The van der Waals surface area contributed by atoms with Crippen molar-refractivity contribution in [2.24, 2.45) is 0 Å². The third kappa shape index (κ3) is 3.75. The highest BCUT2D eigenvalue weighted by Crippen LogP contribution is 2.21. The van der Waals surface area contributed by atoms with Crippen LogP contribution in [0.4, 0.5) is 10.1 Å². The van der Waals surface area contributed by atoms with E-state index in [2.05, 4.69) is 15.7 Å². The minimum atomic E-state index is -0.436. The number of hydrogen-bond donors (Lipinski definition) is 2. The van der Waals surface area contributed by atoms with E-state index in [4.69, 9.17) is 4.74 Å². The van der Waals surface area contributed by atoms with Gasteiger partial charge in [-0.05, 0) is 24.6 Å². The zero-order valence-corrected chi connectivity index (χ0v) is 12.8. The highest BCUT2D eigenvalue weighted by atomic mass is 19.1. The number of methoxy groups -OCH3 is 1. The molecule has 1 aliphatic heterocycles. The monoisotopic (exact) mass is 318 g/mol.